The maximum atomic E-state index is 11.1. The third kappa shape index (κ3) is 3.46. The number of carbonyl (C=O) groups is 1. The second kappa shape index (κ2) is 5.15. The molecule has 0 aromatic carbocycles. The first-order chi connectivity index (χ1) is 7.33. The van der Waals surface area contributed by atoms with Crippen molar-refractivity contribution >= 4 is 5.91 Å². The molecule has 1 amide bonds. The van der Waals surface area contributed by atoms with Crippen molar-refractivity contribution < 1.29 is 4.79 Å². The minimum Gasteiger partial charge on any atom is -0.368 e. The molecule has 1 fully saturated rings. The summed E-state index contributed by atoms with van der Waals surface area (Å²) in [6.07, 6.45) is 3.11. The van der Waals surface area contributed by atoms with Crippen LogP contribution in [-0.4, -0.2) is 35.5 Å². The lowest BCUT2D eigenvalue weighted by Crippen LogP contribution is -2.52. The van der Waals surface area contributed by atoms with Gasteiger partial charge in [-0.1, -0.05) is 6.92 Å². The van der Waals surface area contributed by atoms with Crippen LogP contribution in [0.3, 0.4) is 0 Å². The van der Waals surface area contributed by atoms with Gasteiger partial charge in [-0.05, 0) is 45.6 Å². The van der Waals surface area contributed by atoms with Gasteiger partial charge in [0.1, 0.15) is 0 Å². The molecular weight excluding hydrogens is 202 g/mol. The molecule has 3 unspecified atom stereocenters. The number of primary amides is 1. The molecular formula is C12H25N3O. The van der Waals surface area contributed by atoms with Crippen LogP contribution in [0.5, 0.6) is 0 Å². The number of carbonyl (C=O) groups excluding carboxylic acids is 1. The van der Waals surface area contributed by atoms with Gasteiger partial charge in [0.25, 0.3) is 0 Å². The van der Waals surface area contributed by atoms with Crippen molar-refractivity contribution in [1.82, 2.24) is 4.90 Å². The SMILES string of the molecule is CC1CCN(CCC(C)(N)C(N)=O)C(C)C1. The molecule has 1 aliphatic rings. The van der Waals surface area contributed by atoms with Crippen LogP contribution in [0.25, 0.3) is 0 Å². The zero-order valence-corrected chi connectivity index (χ0v) is 10.7. The first-order valence-corrected chi connectivity index (χ1v) is 6.16. The Kier molecular flexibility index (Phi) is 4.33. The molecule has 1 saturated heterocycles. The van der Waals surface area contributed by atoms with Gasteiger partial charge in [-0.2, -0.15) is 0 Å². The Bertz CT molecular complexity index is 253. The third-order valence-corrected chi connectivity index (χ3v) is 3.76. The molecule has 16 heavy (non-hydrogen) atoms. The smallest absolute Gasteiger partial charge is 0.237 e. The number of hydrogen-bond acceptors (Lipinski definition) is 3. The van der Waals surface area contributed by atoms with Gasteiger partial charge in [-0.15, -0.1) is 0 Å². The molecule has 4 heteroatoms. The highest BCUT2D eigenvalue weighted by Gasteiger charge is 2.29. The fourth-order valence-corrected chi connectivity index (χ4v) is 2.29. The maximum absolute atomic E-state index is 11.1. The molecule has 1 aliphatic heterocycles. The zero-order chi connectivity index (χ0) is 12.3. The van der Waals surface area contributed by atoms with Gasteiger partial charge in [-0.3, -0.25) is 4.79 Å². The number of rotatable bonds is 4. The Balaban J connectivity index is 2.41. The van der Waals surface area contributed by atoms with Crippen LogP contribution < -0.4 is 11.5 Å². The minimum atomic E-state index is -0.872. The van der Waals surface area contributed by atoms with Crippen molar-refractivity contribution in [3.63, 3.8) is 0 Å². The topological polar surface area (TPSA) is 72.3 Å². The lowest BCUT2D eigenvalue weighted by molar-refractivity contribution is -0.123. The van der Waals surface area contributed by atoms with Crippen LogP contribution in [0, 0.1) is 5.92 Å². The standard InChI is InChI=1S/C12H25N3O/c1-9-4-6-15(10(2)8-9)7-5-12(3,14)11(13)16/h9-10H,4-8,14H2,1-3H3,(H2,13,16). The Morgan fingerprint density at radius 2 is 2.12 bits per heavy atom. The highest BCUT2D eigenvalue weighted by Crippen LogP contribution is 2.22. The molecule has 4 N–H and O–H groups in total. The van der Waals surface area contributed by atoms with E-state index in [9.17, 15) is 4.79 Å². The molecule has 4 nitrogen and oxygen atoms in total. The Morgan fingerprint density at radius 3 is 2.62 bits per heavy atom. The van der Waals surface area contributed by atoms with E-state index in [4.69, 9.17) is 11.5 Å². The van der Waals surface area contributed by atoms with Crippen molar-refractivity contribution in [2.45, 2.75) is 51.6 Å². The van der Waals surface area contributed by atoms with E-state index >= 15 is 0 Å². The van der Waals surface area contributed by atoms with Crippen molar-refractivity contribution in [1.29, 1.82) is 0 Å². The Morgan fingerprint density at radius 1 is 1.50 bits per heavy atom. The maximum Gasteiger partial charge on any atom is 0.237 e. The predicted octanol–water partition coefficient (Wildman–Crippen LogP) is 0.700. The van der Waals surface area contributed by atoms with E-state index in [-0.39, 0.29) is 0 Å². The van der Waals surface area contributed by atoms with Crippen molar-refractivity contribution in [3.8, 4) is 0 Å². The molecule has 1 rings (SSSR count). The Labute approximate surface area is 98.3 Å². The van der Waals surface area contributed by atoms with Crippen molar-refractivity contribution in [2.24, 2.45) is 17.4 Å². The van der Waals surface area contributed by atoms with Gasteiger partial charge in [0.2, 0.25) is 5.91 Å². The highest BCUT2D eigenvalue weighted by molar-refractivity contribution is 5.83. The van der Waals surface area contributed by atoms with Crippen LogP contribution in [0.15, 0.2) is 0 Å². The first-order valence-electron chi connectivity index (χ1n) is 6.16. The summed E-state index contributed by atoms with van der Waals surface area (Å²) >= 11 is 0. The summed E-state index contributed by atoms with van der Waals surface area (Å²) in [4.78, 5) is 13.5. The van der Waals surface area contributed by atoms with Gasteiger partial charge >= 0.3 is 0 Å². The molecule has 0 radical (unpaired) electrons. The molecule has 0 aliphatic carbocycles. The second-order valence-electron chi connectivity index (χ2n) is 5.55. The number of amides is 1. The first kappa shape index (κ1) is 13.5. The van der Waals surface area contributed by atoms with Crippen LogP contribution in [-0.2, 0) is 4.79 Å². The van der Waals surface area contributed by atoms with Crippen molar-refractivity contribution in [3.05, 3.63) is 0 Å². The number of likely N-dealkylation sites (tertiary alicyclic amines) is 1. The zero-order valence-electron chi connectivity index (χ0n) is 10.7. The fourth-order valence-electron chi connectivity index (χ4n) is 2.29. The number of nitrogens with zero attached hydrogens (tertiary/aromatic N) is 1. The fraction of sp³-hybridized carbons (Fsp3) is 0.917. The van der Waals surface area contributed by atoms with E-state index in [1.165, 1.54) is 12.8 Å². The lowest BCUT2D eigenvalue weighted by atomic mass is 9.91. The van der Waals surface area contributed by atoms with Crippen LogP contribution in [0.4, 0.5) is 0 Å². The quantitative estimate of drug-likeness (QED) is 0.742. The normalized spacial score (nSPS) is 31.0. The molecule has 0 aromatic rings. The lowest BCUT2D eigenvalue weighted by Gasteiger charge is -2.37. The summed E-state index contributed by atoms with van der Waals surface area (Å²) in [7, 11) is 0. The van der Waals surface area contributed by atoms with Gasteiger partial charge in [0.15, 0.2) is 0 Å². The minimum absolute atomic E-state index is 0.412. The molecule has 0 spiro atoms. The second-order valence-corrected chi connectivity index (χ2v) is 5.55. The largest absolute Gasteiger partial charge is 0.368 e. The number of hydrogen-bond donors (Lipinski definition) is 2. The van der Waals surface area contributed by atoms with Gasteiger partial charge in [0.05, 0.1) is 5.54 Å². The average molecular weight is 227 g/mol. The van der Waals surface area contributed by atoms with E-state index in [1.807, 2.05) is 0 Å². The van der Waals surface area contributed by atoms with E-state index in [2.05, 4.69) is 18.7 Å². The van der Waals surface area contributed by atoms with E-state index < -0.39 is 11.4 Å². The van der Waals surface area contributed by atoms with Crippen LogP contribution in [0.1, 0.15) is 40.0 Å². The van der Waals surface area contributed by atoms with Gasteiger partial charge in [-0.25, -0.2) is 0 Å². The van der Waals surface area contributed by atoms with E-state index in [0.29, 0.717) is 12.5 Å². The highest BCUT2D eigenvalue weighted by atomic mass is 16.1. The summed E-state index contributed by atoms with van der Waals surface area (Å²) in [6.45, 7) is 8.23. The van der Waals surface area contributed by atoms with E-state index in [1.54, 1.807) is 6.92 Å². The monoisotopic (exact) mass is 227 g/mol. The summed E-state index contributed by atoms with van der Waals surface area (Å²) in [6, 6.07) is 0.590. The number of nitrogens with two attached hydrogens (primary N) is 2. The predicted molar refractivity (Wildman–Crippen MR) is 65.8 cm³/mol. The van der Waals surface area contributed by atoms with Gasteiger partial charge in [0, 0.05) is 12.6 Å². The third-order valence-electron chi connectivity index (χ3n) is 3.76. The molecule has 0 bridgehead atoms. The summed E-state index contributed by atoms with van der Waals surface area (Å²) < 4.78 is 0. The van der Waals surface area contributed by atoms with Crippen LogP contribution in [0.2, 0.25) is 0 Å². The molecule has 0 aromatic heterocycles. The molecule has 3 atom stereocenters. The van der Waals surface area contributed by atoms with Crippen molar-refractivity contribution in [2.75, 3.05) is 13.1 Å². The molecule has 1 heterocycles. The number of piperidine rings is 1. The van der Waals surface area contributed by atoms with E-state index in [0.717, 1.165) is 19.0 Å². The van der Waals surface area contributed by atoms with Crippen LogP contribution >= 0.6 is 0 Å². The molecule has 94 valence electrons. The van der Waals surface area contributed by atoms with Gasteiger partial charge < -0.3 is 16.4 Å². The summed E-state index contributed by atoms with van der Waals surface area (Å²) in [5.41, 5.74) is 10.2. The average Bonchev–Trinajstić information content (AvgIpc) is 2.16. The Hall–Kier alpha value is -0.610. The summed E-state index contributed by atoms with van der Waals surface area (Å²) in [5.74, 6) is 0.400. The summed E-state index contributed by atoms with van der Waals surface area (Å²) in [5, 5.41) is 0. The molecule has 0 saturated carbocycles.